The summed E-state index contributed by atoms with van der Waals surface area (Å²) < 4.78 is 15.5. The Morgan fingerprint density at radius 3 is 2.72 bits per heavy atom. The molecule has 0 saturated carbocycles. The van der Waals surface area contributed by atoms with Crippen LogP contribution in [-0.2, 0) is 16.1 Å². The number of terminal acetylenes is 1. The van der Waals surface area contributed by atoms with Crippen LogP contribution in [0.3, 0.4) is 0 Å². The van der Waals surface area contributed by atoms with Gasteiger partial charge in [0.2, 0.25) is 0 Å². The fourth-order valence-corrected chi connectivity index (χ4v) is 3.56. The van der Waals surface area contributed by atoms with Crippen LogP contribution in [0.25, 0.3) is 17.0 Å². The van der Waals surface area contributed by atoms with E-state index in [1.165, 1.54) is 24.3 Å². The lowest BCUT2D eigenvalue weighted by atomic mass is 10.1. The van der Waals surface area contributed by atoms with Crippen molar-refractivity contribution < 1.29 is 14.0 Å². The number of thiocarbonyl (C=S) groups is 1. The maximum Gasteiger partial charge on any atom is 0.270 e. The molecule has 0 unspecified atom stereocenters. The Balaban J connectivity index is 1.82. The van der Waals surface area contributed by atoms with Crippen LogP contribution in [0.5, 0.6) is 0 Å². The number of fused-ring (bicyclic) bond motifs is 1. The Bertz CT molecular complexity index is 1250. The molecule has 2 heterocycles. The van der Waals surface area contributed by atoms with Gasteiger partial charge in [-0.2, -0.15) is 0 Å². The molecule has 0 atom stereocenters. The van der Waals surface area contributed by atoms with Gasteiger partial charge in [0.15, 0.2) is 5.11 Å². The predicted molar refractivity (Wildman–Crippen MR) is 113 cm³/mol. The number of nitrogens with one attached hydrogen (secondary N) is 1. The summed E-state index contributed by atoms with van der Waals surface area (Å²) in [5, 5.41) is 3.24. The topological polar surface area (TPSA) is 54.3 Å². The highest BCUT2D eigenvalue weighted by Gasteiger charge is 2.34. The summed E-state index contributed by atoms with van der Waals surface area (Å²) in [5.74, 6) is 0.833. The number of aromatic nitrogens is 1. The molecule has 5 nitrogen and oxygen atoms in total. The van der Waals surface area contributed by atoms with Crippen LogP contribution in [-0.4, -0.2) is 21.5 Å². The van der Waals surface area contributed by atoms with Gasteiger partial charge >= 0.3 is 0 Å². The van der Waals surface area contributed by atoms with Crippen molar-refractivity contribution in [3.05, 3.63) is 71.7 Å². The standard InChI is InChI=1S/C22H14FN3O2S/c1-2-10-25-13-14(17-8-3-4-9-19(17)25)11-18-20(27)24-22(29)26(21(18)28)16-7-5-6-15(23)12-16/h1,3-9,11-13H,10H2,(H,24,27,29)/b18-11-. The summed E-state index contributed by atoms with van der Waals surface area (Å²) in [4.78, 5) is 26.7. The number of amides is 2. The lowest BCUT2D eigenvalue weighted by Gasteiger charge is -2.28. The van der Waals surface area contributed by atoms with Crippen LogP contribution in [0, 0.1) is 18.2 Å². The molecule has 0 radical (unpaired) electrons. The lowest BCUT2D eigenvalue weighted by Crippen LogP contribution is -2.54. The Hall–Kier alpha value is -3.76. The molecule has 4 rings (SSSR count). The fraction of sp³-hybridized carbons (Fsp3) is 0.0455. The predicted octanol–water partition coefficient (Wildman–Crippen LogP) is 3.24. The van der Waals surface area contributed by atoms with Gasteiger partial charge in [-0.05, 0) is 42.6 Å². The number of anilines is 1. The van der Waals surface area contributed by atoms with E-state index in [4.69, 9.17) is 18.6 Å². The molecule has 1 aliphatic rings. The van der Waals surface area contributed by atoms with E-state index < -0.39 is 17.6 Å². The molecule has 7 heteroatoms. The Kier molecular flexibility index (Phi) is 4.71. The van der Waals surface area contributed by atoms with E-state index >= 15 is 0 Å². The highest BCUT2D eigenvalue weighted by molar-refractivity contribution is 7.80. The van der Waals surface area contributed by atoms with Crippen molar-refractivity contribution in [2.75, 3.05) is 4.90 Å². The van der Waals surface area contributed by atoms with E-state index in [0.29, 0.717) is 12.1 Å². The third-order valence-corrected chi connectivity index (χ3v) is 4.83. The van der Waals surface area contributed by atoms with Gasteiger partial charge in [-0.1, -0.05) is 30.2 Å². The summed E-state index contributed by atoms with van der Waals surface area (Å²) in [6, 6.07) is 13.0. The number of carbonyl (C=O) groups is 2. The minimum atomic E-state index is -0.627. The van der Waals surface area contributed by atoms with Gasteiger partial charge in [-0.3, -0.25) is 19.8 Å². The molecular weight excluding hydrogens is 389 g/mol. The molecule has 2 amide bonds. The first kappa shape index (κ1) is 18.6. The molecule has 1 N–H and O–H groups in total. The van der Waals surface area contributed by atoms with E-state index in [9.17, 15) is 14.0 Å². The molecule has 3 aromatic rings. The van der Waals surface area contributed by atoms with Crippen LogP contribution in [0.2, 0.25) is 0 Å². The number of hydrogen-bond acceptors (Lipinski definition) is 3. The van der Waals surface area contributed by atoms with Crippen molar-refractivity contribution >= 4 is 51.8 Å². The molecular formula is C22H14FN3O2S. The number of hydrogen-bond donors (Lipinski definition) is 1. The largest absolute Gasteiger partial charge is 0.335 e. The van der Waals surface area contributed by atoms with E-state index in [1.807, 2.05) is 28.8 Å². The van der Waals surface area contributed by atoms with Crippen LogP contribution in [0.4, 0.5) is 10.1 Å². The zero-order valence-electron chi connectivity index (χ0n) is 15.1. The van der Waals surface area contributed by atoms with Gasteiger partial charge in [0.1, 0.15) is 11.4 Å². The van der Waals surface area contributed by atoms with Crippen molar-refractivity contribution in [2.24, 2.45) is 0 Å². The first-order valence-electron chi connectivity index (χ1n) is 8.68. The van der Waals surface area contributed by atoms with Gasteiger partial charge in [-0.15, -0.1) is 6.42 Å². The van der Waals surface area contributed by atoms with E-state index in [1.54, 1.807) is 12.3 Å². The smallest absolute Gasteiger partial charge is 0.270 e. The average Bonchev–Trinajstić information content (AvgIpc) is 3.03. The number of nitrogens with zero attached hydrogens (tertiary/aromatic N) is 2. The number of rotatable bonds is 3. The van der Waals surface area contributed by atoms with Gasteiger partial charge in [0, 0.05) is 22.7 Å². The highest BCUT2D eigenvalue weighted by Crippen LogP contribution is 2.26. The normalized spacial score (nSPS) is 15.7. The minimum absolute atomic E-state index is 0.0995. The van der Waals surface area contributed by atoms with Crippen LogP contribution in [0.1, 0.15) is 5.56 Å². The second kappa shape index (κ2) is 7.34. The number of benzene rings is 2. The molecule has 29 heavy (non-hydrogen) atoms. The minimum Gasteiger partial charge on any atom is -0.335 e. The van der Waals surface area contributed by atoms with Crippen molar-refractivity contribution in [1.29, 1.82) is 0 Å². The van der Waals surface area contributed by atoms with Crippen molar-refractivity contribution in [3.8, 4) is 12.3 Å². The third kappa shape index (κ3) is 3.30. The van der Waals surface area contributed by atoms with Crippen molar-refractivity contribution in [1.82, 2.24) is 9.88 Å². The summed E-state index contributed by atoms with van der Waals surface area (Å²) in [6.45, 7) is 0.351. The highest BCUT2D eigenvalue weighted by atomic mass is 32.1. The zero-order valence-corrected chi connectivity index (χ0v) is 15.9. The van der Waals surface area contributed by atoms with Gasteiger partial charge in [-0.25, -0.2) is 4.39 Å². The molecule has 1 saturated heterocycles. The van der Waals surface area contributed by atoms with Crippen LogP contribution < -0.4 is 10.2 Å². The summed E-state index contributed by atoms with van der Waals surface area (Å²) >= 11 is 5.14. The van der Waals surface area contributed by atoms with Crippen molar-refractivity contribution in [2.45, 2.75) is 6.54 Å². The van der Waals surface area contributed by atoms with Gasteiger partial charge in [0.25, 0.3) is 11.8 Å². The maximum absolute atomic E-state index is 13.6. The molecule has 0 bridgehead atoms. The fourth-order valence-electron chi connectivity index (χ4n) is 3.28. The van der Waals surface area contributed by atoms with Crippen LogP contribution >= 0.6 is 12.2 Å². The quantitative estimate of drug-likeness (QED) is 0.316. The van der Waals surface area contributed by atoms with E-state index in [0.717, 1.165) is 15.8 Å². The van der Waals surface area contributed by atoms with Gasteiger partial charge < -0.3 is 4.57 Å². The second-order valence-electron chi connectivity index (χ2n) is 6.37. The summed E-state index contributed by atoms with van der Waals surface area (Å²) in [7, 11) is 0. The average molecular weight is 403 g/mol. The first-order valence-corrected chi connectivity index (χ1v) is 9.09. The zero-order chi connectivity index (χ0) is 20.5. The van der Waals surface area contributed by atoms with E-state index in [2.05, 4.69) is 11.2 Å². The Morgan fingerprint density at radius 1 is 1.17 bits per heavy atom. The number of carbonyl (C=O) groups excluding carboxylic acids is 2. The van der Waals surface area contributed by atoms with Gasteiger partial charge in [0.05, 0.1) is 12.2 Å². The summed E-state index contributed by atoms with van der Waals surface area (Å²) in [5.41, 5.74) is 1.69. The van der Waals surface area contributed by atoms with Crippen molar-refractivity contribution in [3.63, 3.8) is 0 Å². The molecule has 1 aromatic heterocycles. The number of halogens is 1. The van der Waals surface area contributed by atoms with Crippen LogP contribution in [0.15, 0.2) is 60.3 Å². The SMILES string of the molecule is C#CCn1cc(/C=C2/C(=O)NC(=S)N(c3cccc(F)c3)C2=O)c2ccccc21. The molecule has 0 aliphatic carbocycles. The summed E-state index contributed by atoms with van der Waals surface area (Å²) in [6.07, 6.45) is 8.73. The second-order valence-corrected chi connectivity index (χ2v) is 6.76. The first-order chi connectivity index (χ1) is 14.0. The van der Waals surface area contributed by atoms with E-state index in [-0.39, 0.29) is 16.4 Å². The number of para-hydroxylation sites is 1. The Morgan fingerprint density at radius 2 is 1.97 bits per heavy atom. The molecule has 1 aliphatic heterocycles. The Labute approximate surface area is 171 Å². The maximum atomic E-state index is 13.6. The molecule has 2 aromatic carbocycles. The molecule has 1 fully saturated rings. The molecule has 142 valence electrons. The molecule has 0 spiro atoms. The lowest BCUT2D eigenvalue weighted by molar-refractivity contribution is -0.122. The third-order valence-electron chi connectivity index (χ3n) is 4.55. The monoisotopic (exact) mass is 403 g/mol.